The van der Waals surface area contributed by atoms with E-state index in [-0.39, 0.29) is 6.04 Å². The van der Waals surface area contributed by atoms with Gasteiger partial charge in [0.05, 0.1) is 6.04 Å². The van der Waals surface area contributed by atoms with Gasteiger partial charge in [0.2, 0.25) is 0 Å². The number of hydrogen-bond donors (Lipinski definition) is 0. The summed E-state index contributed by atoms with van der Waals surface area (Å²) in [5.41, 5.74) is -0.196. The Kier molecular flexibility index (Phi) is 4.71. The van der Waals surface area contributed by atoms with Crippen molar-refractivity contribution in [2.45, 2.75) is 38.8 Å². The number of carbonyl (C=O) groups excluding carboxylic acids is 1. The first kappa shape index (κ1) is 17.3. The summed E-state index contributed by atoms with van der Waals surface area (Å²) in [6, 6.07) is 4.12. The highest BCUT2D eigenvalue weighted by molar-refractivity contribution is 6.30. The van der Waals surface area contributed by atoms with E-state index in [9.17, 15) is 14.0 Å². The van der Waals surface area contributed by atoms with E-state index in [0.29, 0.717) is 21.8 Å². The van der Waals surface area contributed by atoms with E-state index in [1.165, 1.54) is 29.2 Å². The molecule has 0 bridgehead atoms. The van der Waals surface area contributed by atoms with Gasteiger partial charge in [0.1, 0.15) is 5.82 Å². The molecule has 1 aliphatic carbocycles. The molecule has 1 aliphatic rings. The van der Waals surface area contributed by atoms with E-state index < -0.39 is 23.6 Å². The molecule has 0 saturated heterocycles. The first-order valence-corrected chi connectivity index (χ1v) is 8.27. The number of amides is 1. The average molecular weight is 366 g/mol. The number of hydrogen-bond acceptors (Lipinski definition) is 4. The summed E-state index contributed by atoms with van der Waals surface area (Å²) in [4.78, 5) is 26.8. The third-order valence-corrected chi connectivity index (χ3v) is 4.41. The molecule has 9 heteroatoms. The standard InChI is InChI=1S/C16H17ClFN5O2/c1-10(2)21(12-8-6-11(18)7-9-12)15(24)23-16(25)22(19-20-23)14-5-3-4-13(14)17/h4,6-10,14H,3,5H2,1-2H3. The van der Waals surface area contributed by atoms with E-state index in [2.05, 4.69) is 10.4 Å². The van der Waals surface area contributed by atoms with Crippen LogP contribution in [0.15, 0.2) is 40.2 Å². The van der Waals surface area contributed by atoms with Crippen LogP contribution in [0, 0.1) is 5.82 Å². The van der Waals surface area contributed by atoms with Crippen molar-refractivity contribution in [3.8, 4) is 0 Å². The molecule has 1 amide bonds. The minimum atomic E-state index is -0.657. The maximum atomic E-state index is 13.1. The largest absolute Gasteiger partial charge is 0.373 e. The van der Waals surface area contributed by atoms with Gasteiger partial charge in [-0.2, -0.15) is 4.68 Å². The Balaban J connectivity index is 1.96. The molecule has 1 heterocycles. The van der Waals surface area contributed by atoms with Crippen molar-refractivity contribution in [3.63, 3.8) is 0 Å². The van der Waals surface area contributed by atoms with Crippen molar-refractivity contribution >= 4 is 23.3 Å². The summed E-state index contributed by atoms with van der Waals surface area (Å²) in [5, 5.41) is 8.02. The van der Waals surface area contributed by atoms with Crippen molar-refractivity contribution in [2.75, 3.05) is 4.90 Å². The third kappa shape index (κ3) is 3.21. The molecule has 0 radical (unpaired) electrons. The zero-order valence-electron chi connectivity index (χ0n) is 13.8. The maximum absolute atomic E-state index is 13.1. The zero-order chi connectivity index (χ0) is 18.1. The quantitative estimate of drug-likeness (QED) is 0.784. The van der Waals surface area contributed by atoms with Gasteiger partial charge >= 0.3 is 11.7 Å². The van der Waals surface area contributed by atoms with E-state index >= 15 is 0 Å². The number of aromatic nitrogens is 4. The number of allylic oxidation sites excluding steroid dienone is 2. The van der Waals surface area contributed by atoms with Crippen LogP contribution in [0.1, 0.15) is 32.7 Å². The Hall–Kier alpha value is -2.48. The normalized spacial score (nSPS) is 17.0. The second-order valence-electron chi connectivity index (χ2n) is 6.02. The predicted octanol–water partition coefficient (Wildman–Crippen LogP) is 2.92. The van der Waals surface area contributed by atoms with Crippen molar-refractivity contribution in [2.24, 2.45) is 0 Å². The Morgan fingerprint density at radius 2 is 2.00 bits per heavy atom. The van der Waals surface area contributed by atoms with Crippen LogP contribution in [0.3, 0.4) is 0 Å². The topological polar surface area (TPSA) is 73.0 Å². The third-order valence-electron chi connectivity index (χ3n) is 4.00. The molecular formula is C16H17ClFN5O2. The van der Waals surface area contributed by atoms with Gasteiger partial charge in [-0.3, -0.25) is 4.90 Å². The average Bonchev–Trinajstić information content (AvgIpc) is 3.14. The highest BCUT2D eigenvalue weighted by Gasteiger charge is 2.29. The molecule has 1 unspecified atom stereocenters. The summed E-state index contributed by atoms with van der Waals surface area (Å²) in [6.45, 7) is 3.57. The van der Waals surface area contributed by atoms with Crippen LogP contribution in [0.25, 0.3) is 0 Å². The van der Waals surface area contributed by atoms with E-state index in [0.717, 1.165) is 11.1 Å². The molecule has 0 spiro atoms. The predicted molar refractivity (Wildman–Crippen MR) is 91.3 cm³/mol. The number of tetrazole rings is 1. The molecule has 2 aromatic rings. The van der Waals surface area contributed by atoms with Crippen LogP contribution in [0.5, 0.6) is 0 Å². The maximum Gasteiger partial charge on any atom is 0.373 e. The Bertz CT molecular complexity index is 871. The summed E-state index contributed by atoms with van der Waals surface area (Å²) in [6.07, 6.45) is 3.19. The van der Waals surface area contributed by atoms with E-state index in [4.69, 9.17) is 11.6 Å². The van der Waals surface area contributed by atoms with E-state index in [1.807, 2.05) is 6.08 Å². The summed E-state index contributed by atoms with van der Waals surface area (Å²) >= 11 is 6.09. The first-order valence-electron chi connectivity index (χ1n) is 7.89. The van der Waals surface area contributed by atoms with Gasteiger partial charge in [-0.05, 0) is 61.4 Å². The number of anilines is 1. The zero-order valence-corrected chi connectivity index (χ0v) is 14.5. The second-order valence-corrected chi connectivity index (χ2v) is 6.46. The van der Waals surface area contributed by atoms with Crippen LogP contribution in [-0.2, 0) is 0 Å². The molecular weight excluding hydrogens is 349 g/mol. The van der Waals surface area contributed by atoms with Crippen LogP contribution >= 0.6 is 11.6 Å². The highest BCUT2D eigenvalue weighted by Crippen LogP contribution is 2.31. The minimum absolute atomic E-state index is 0.273. The fraction of sp³-hybridized carbons (Fsp3) is 0.375. The van der Waals surface area contributed by atoms with Gasteiger partial charge in [-0.15, -0.1) is 4.68 Å². The summed E-state index contributed by atoms with van der Waals surface area (Å²) in [7, 11) is 0. The summed E-state index contributed by atoms with van der Waals surface area (Å²) in [5.74, 6) is -0.411. The lowest BCUT2D eigenvalue weighted by Gasteiger charge is -2.25. The number of halogens is 2. The first-order chi connectivity index (χ1) is 11.9. The number of rotatable bonds is 3. The Labute approximate surface area is 148 Å². The second kappa shape index (κ2) is 6.79. The smallest absolute Gasteiger partial charge is 0.290 e. The van der Waals surface area contributed by atoms with Crippen molar-refractivity contribution in [3.05, 3.63) is 51.7 Å². The summed E-state index contributed by atoms with van der Waals surface area (Å²) < 4.78 is 15.0. The van der Waals surface area contributed by atoms with Crippen molar-refractivity contribution in [1.82, 2.24) is 19.8 Å². The van der Waals surface area contributed by atoms with Crippen LogP contribution < -0.4 is 10.6 Å². The lowest BCUT2D eigenvalue weighted by molar-refractivity contribution is 0.242. The van der Waals surface area contributed by atoms with Gasteiger partial charge in [-0.25, -0.2) is 14.0 Å². The number of carbonyl (C=O) groups is 1. The molecule has 1 aromatic heterocycles. The fourth-order valence-corrected chi connectivity index (χ4v) is 3.11. The van der Waals surface area contributed by atoms with Crippen LogP contribution in [0.2, 0.25) is 0 Å². The number of benzene rings is 1. The molecule has 3 rings (SSSR count). The van der Waals surface area contributed by atoms with Gasteiger partial charge in [0, 0.05) is 16.8 Å². The molecule has 1 atom stereocenters. The lowest BCUT2D eigenvalue weighted by Crippen LogP contribution is -2.45. The minimum Gasteiger partial charge on any atom is -0.290 e. The Morgan fingerprint density at radius 3 is 2.56 bits per heavy atom. The molecule has 0 fully saturated rings. The number of nitrogens with zero attached hydrogens (tertiary/aromatic N) is 5. The van der Waals surface area contributed by atoms with Gasteiger partial charge in [0.25, 0.3) is 0 Å². The molecule has 0 saturated carbocycles. The van der Waals surface area contributed by atoms with Crippen LogP contribution in [-0.4, -0.2) is 31.9 Å². The van der Waals surface area contributed by atoms with Gasteiger partial charge in [0.15, 0.2) is 0 Å². The SMILES string of the molecule is CC(C)N(C(=O)n1nnn(C2CCC=C2Cl)c1=O)c1ccc(F)cc1. The molecule has 0 aliphatic heterocycles. The molecule has 25 heavy (non-hydrogen) atoms. The lowest BCUT2D eigenvalue weighted by atomic mass is 10.2. The van der Waals surface area contributed by atoms with Crippen molar-refractivity contribution in [1.29, 1.82) is 0 Å². The van der Waals surface area contributed by atoms with Crippen LogP contribution in [0.4, 0.5) is 14.9 Å². The van der Waals surface area contributed by atoms with Gasteiger partial charge in [-0.1, -0.05) is 17.7 Å². The Morgan fingerprint density at radius 1 is 1.32 bits per heavy atom. The molecule has 0 N–H and O–H groups in total. The monoisotopic (exact) mass is 365 g/mol. The van der Waals surface area contributed by atoms with E-state index in [1.54, 1.807) is 13.8 Å². The molecule has 7 nitrogen and oxygen atoms in total. The van der Waals surface area contributed by atoms with Gasteiger partial charge < -0.3 is 0 Å². The molecule has 132 valence electrons. The van der Waals surface area contributed by atoms with Crippen molar-refractivity contribution < 1.29 is 9.18 Å². The molecule has 1 aromatic carbocycles. The fourth-order valence-electron chi connectivity index (χ4n) is 2.80. The highest BCUT2D eigenvalue weighted by atomic mass is 35.5.